The van der Waals surface area contributed by atoms with Crippen molar-refractivity contribution in [2.45, 2.75) is 13.8 Å². The Labute approximate surface area is 152 Å². The maximum atomic E-state index is 6.22. The summed E-state index contributed by atoms with van der Waals surface area (Å²) in [5.74, 6) is 1.50. The normalized spacial score (nSPS) is 15.6. The van der Waals surface area contributed by atoms with Crippen LogP contribution in [0, 0.1) is 6.92 Å². The Morgan fingerprint density at radius 3 is 2.50 bits per heavy atom. The minimum absolute atomic E-state index is 0.547. The van der Waals surface area contributed by atoms with Crippen molar-refractivity contribution < 1.29 is 0 Å². The summed E-state index contributed by atoms with van der Waals surface area (Å²) in [5, 5.41) is 4.34. The van der Waals surface area contributed by atoms with E-state index in [4.69, 9.17) is 23.2 Å². The number of aryl methyl sites for hydroxylation is 1. The molecule has 1 saturated heterocycles. The van der Waals surface area contributed by atoms with Crippen LogP contribution in [0.25, 0.3) is 0 Å². The molecule has 128 valence electrons. The van der Waals surface area contributed by atoms with Crippen molar-refractivity contribution in [1.29, 1.82) is 0 Å². The second kappa shape index (κ2) is 7.55. The molecule has 0 spiro atoms. The average molecular weight is 366 g/mol. The third-order valence-corrected chi connectivity index (χ3v) is 4.71. The summed E-state index contributed by atoms with van der Waals surface area (Å²) >= 11 is 12.2. The molecule has 1 aromatic carbocycles. The number of piperazine rings is 1. The smallest absolute Gasteiger partial charge is 0.229 e. The van der Waals surface area contributed by atoms with Crippen molar-refractivity contribution >= 4 is 40.7 Å². The fourth-order valence-corrected chi connectivity index (χ4v) is 3.23. The highest BCUT2D eigenvalue weighted by molar-refractivity contribution is 6.36. The van der Waals surface area contributed by atoms with Crippen molar-refractivity contribution in [2.24, 2.45) is 0 Å². The maximum absolute atomic E-state index is 6.22. The lowest BCUT2D eigenvalue weighted by Gasteiger charge is -2.34. The standard InChI is InChI=1S/C17H21Cl2N5/c1-3-23-6-8-24(9-7-23)16-10-12(2)20-17(22-16)21-15-5-4-13(18)11-14(15)19/h4-5,10-11H,3,6-9H2,1-2H3,(H,20,21,22). The van der Waals surface area contributed by atoms with Crippen LogP contribution in [0.15, 0.2) is 24.3 Å². The molecule has 2 heterocycles. The molecule has 0 bridgehead atoms. The Kier molecular flexibility index (Phi) is 5.43. The van der Waals surface area contributed by atoms with Crippen molar-refractivity contribution in [1.82, 2.24) is 14.9 Å². The monoisotopic (exact) mass is 365 g/mol. The average Bonchev–Trinajstić information content (AvgIpc) is 2.57. The maximum Gasteiger partial charge on any atom is 0.229 e. The summed E-state index contributed by atoms with van der Waals surface area (Å²) < 4.78 is 0. The summed E-state index contributed by atoms with van der Waals surface area (Å²) in [5.41, 5.74) is 1.67. The molecule has 3 rings (SSSR count). The molecule has 7 heteroatoms. The van der Waals surface area contributed by atoms with Crippen LogP contribution in [0.1, 0.15) is 12.6 Å². The molecule has 1 fully saturated rings. The lowest BCUT2D eigenvalue weighted by Crippen LogP contribution is -2.46. The van der Waals surface area contributed by atoms with E-state index in [1.54, 1.807) is 12.1 Å². The van der Waals surface area contributed by atoms with Gasteiger partial charge in [0.15, 0.2) is 0 Å². The van der Waals surface area contributed by atoms with Crippen LogP contribution < -0.4 is 10.2 Å². The molecule has 24 heavy (non-hydrogen) atoms. The van der Waals surface area contributed by atoms with Gasteiger partial charge in [0, 0.05) is 43.0 Å². The van der Waals surface area contributed by atoms with Crippen molar-refractivity contribution in [2.75, 3.05) is 42.9 Å². The van der Waals surface area contributed by atoms with Gasteiger partial charge in [-0.3, -0.25) is 0 Å². The zero-order valence-electron chi connectivity index (χ0n) is 13.9. The lowest BCUT2D eigenvalue weighted by atomic mass is 10.3. The zero-order valence-corrected chi connectivity index (χ0v) is 15.4. The van der Waals surface area contributed by atoms with Gasteiger partial charge in [-0.2, -0.15) is 4.98 Å². The molecular formula is C17H21Cl2N5. The summed E-state index contributed by atoms with van der Waals surface area (Å²) in [6.45, 7) is 9.34. The number of nitrogens with one attached hydrogen (secondary N) is 1. The van der Waals surface area contributed by atoms with Crippen LogP contribution in [0.2, 0.25) is 10.0 Å². The van der Waals surface area contributed by atoms with E-state index in [1.165, 1.54) is 0 Å². The van der Waals surface area contributed by atoms with E-state index in [0.717, 1.165) is 49.9 Å². The fraction of sp³-hybridized carbons (Fsp3) is 0.412. The third kappa shape index (κ3) is 4.09. The Bertz CT molecular complexity index is 714. The molecule has 0 unspecified atom stereocenters. The minimum atomic E-state index is 0.547. The van der Waals surface area contributed by atoms with E-state index >= 15 is 0 Å². The minimum Gasteiger partial charge on any atom is -0.354 e. The number of anilines is 3. The predicted molar refractivity (Wildman–Crippen MR) is 101 cm³/mol. The van der Waals surface area contributed by atoms with Crippen LogP contribution in [0.4, 0.5) is 17.5 Å². The number of rotatable bonds is 4. The van der Waals surface area contributed by atoms with Gasteiger partial charge in [0.25, 0.3) is 0 Å². The first-order valence-electron chi connectivity index (χ1n) is 8.10. The van der Waals surface area contributed by atoms with Crippen LogP contribution in [0.5, 0.6) is 0 Å². The first kappa shape index (κ1) is 17.3. The Balaban J connectivity index is 1.79. The number of hydrogen-bond acceptors (Lipinski definition) is 5. The number of nitrogens with zero attached hydrogens (tertiary/aromatic N) is 4. The molecule has 0 amide bonds. The predicted octanol–water partition coefficient (Wildman–Crippen LogP) is 3.98. The molecule has 2 aromatic rings. The van der Waals surface area contributed by atoms with Gasteiger partial charge in [-0.25, -0.2) is 4.98 Å². The second-order valence-electron chi connectivity index (χ2n) is 5.86. The highest BCUT2D eigenvalue weighted by Gasteiger charge is 2.18. The van der Waals surface area contributed by atoms with Gasteiger partial charge in [-0.05, 0) is 31.7 Å². The van der Waals surface area contributed by atoms with Gasteiger partial charge in [0.2, 0.25) is 5.95 Å². The molecule has 5 nitrogen and oxygen atoms in total. The summed E-state index contributed by atoms with van der Waals surface area (Å²) in [4.78, 5) is 13.9. The number of halogens is 2. The first-order valence-corrected chi connectivity index (χ1v) is 8.86. The van der Waals surface area contributed by atoms with Crippen molar-refractivity contribution in [3.63, 3.8) is 0 Å². The van der Waals surface area contributed by atoms with E-state index in [9.17, 15) is 0 Å². The number of hydrogen-bond donors (Lipinski definition) is 1. The van der Waals surface area contributed by atoms with E-state index in [2.05, 4.69) is 32.0 Å². The number of likely N-dealkylation sites (N-methyl/N-ethyl adjacent to an activating group) is 1. The Morgan fingerprint density at radius 2 is 1.83 bits per heavy atom. The topological polar surface area (TPSA) is 44.3 Å². The Morgan fingerprint density at radius 1 is 1.08 bits per heavy atom. The SMILES string of the molecule is CCN1CCN(c2cc(C)nc(Nc3ccc(Cl)cc3Cl)n2)CC1. The van der Waals surface area contributed by atoms with Crippen LogP contribution in [-0.2, 0) is 0 Å². The quantitative estimate of drug-likeness (QED) is 0.887. The highest BCUT2D eigenvalue weighted by Crippen LogP contribution is 2.28. The molecule has 1 aromatic heterocycles. The molecule has 1 N–H and O–H groups in total. The molecule has 0 saturated carbocycles. The van der Waals surface area contributed by atoms with E-state index < -0.39 is 0 Å². The fourth-order valence-electron chi connectivity index (χ4n) is 2.77. The van der Waals surface area contributed by atoms with Crippen LogP contribution in [-0.4, -0.2) is 47.6 Å². The van der Waals surface area contributed by atoms with Gasteiger partial charge in [-0.1, -0.05) is 30.1 Å². The first-order chi connectivity index (χ1) is 11.5. The molecular weight excluding hydrogens is 345 g/mol. The van der Waals surface area contributed by atoms with Crippen LogP contribution >= 0.6 is 23.2 Å². The largest absolute Gasteiger partial charge is 0.354 e. The highest BCUT2D eigenvalue weighted by atomic mass is 35.5. The number of aromatic nitrogens is 2. The summed E-state index contributed by atoms with van der Waals surface area (Å²) in [7, 11) is 0. The third-order valence-electron chi connectivity index (χ3n) is 4.16. The summed E-state index contributed by atoms with van der Waals surface area (Å²) in [6, 6.07) is 7.34. The Hall–Kier alpha value is -1.56. The molecule has 0 radical (unpaired) electrons. The molecule has 1 aliphatic rings. The van der Waals surface area contributed by atoms with Crippen molar-refractivity contribution in [3.05, 3.63) is 40.0 Å². The van der Waals surface area contributed by atoms with Crippen LogP contribution in [0.3, 0.4) is 0 Å². The molecule has 1 aliphatic heterocycles. The van der Waals surface area contributed by atoms with Gasteiger partial charge in [-0.15, -0.1) is 0 Å². The lowest BCUT2D eigenvalue weighted by molar-refractivity contribution is 0.270. The molecule has 0 atom stereocenters. The van der Waals surface area contributed by atoms with Crippen molar-refractivity contribution in [3.8, 4) is 0 Å². The van der Waals surface area contributed by atoms with E-state index in [0.29, 0.717) is 16.0 Å². The van der Waals surface area contributed by atoms with E-state index in [1.807, 2.05) is 19.1 Å². The number of benzene rings is 1. The second-order valence-corrected chi connectivity index (χ2v) is 6.71. The van der Waals surface area contributed by atoms with Gasteiger partial charge >= 0.3 is 0 Å². The van der Waals surface area contributed by atoms with Gasteiger partial charge in [0.05, 0.1) is 10.7 Å². The molecule has 0 aliphatic carbocycles. The van der Waals surface area contributed by atoms with Gasteiger partial charge < -0.3 is 15.1 Å². The van der Waals surface area contributed by atoms with Gasteiger partial charge in [0.1, 0.15) is 5.82 Å². The van der Waals surface area contributed by atoms with E-state index in [-0.39, 0.29) is 0 Å². The zero-order chi connectivity index (χ0) is 17.1. The summed E-state index contributed by atoms with van der Waals surface area (Å²) in [6.07, 6.45) is 0.